The zero-order chi connectivity index (χ0) is 17.5. The van der Waals surface area contributed by atoms with Gasteiger partial charge in [-0.25, -0.2) is 13.6 Å². The second-order valence-corrected chi connectivity index (χ2v) is 5.56. The van der Waals surface area contributed by atoms with Crippen LogP contribution in [0.5, 0.6) is 0 Å². The Kier molecular flexibility index (Phi) is 7.40. The summed E-state index contributed by atoms with van der Waals surface area (Å²) in [5, 5.41) is 9.50. The Morgan fingerprint density at radius 1 is 1.30 bits per heavy atom. The molecule has 1 aromatic carbocycles. The van der Waals surface area contributed by atoms with Crippen LogP contribution in [0.25, 0.3) is 6.08 Å². The summed E-state index contributed by atoms with van der Waals surface area (Å²) in [5.41, 5.74) is 1.60. The first-order chi connectivity index (χ1) is 10.9. The van der Waals surface area contributed by atoms with Gasteiger partial charge in [0.05, 0.1) is 5.56 Å². The molecule has 0 heterocycles. The van der Waals surface area contributed by atoms with Gasteiger partial charge < -0.3 is 5.11 Å². The fourth-order valence-corrected chi connectivity index (χ4v) is 2.91. The lowest BCUT2D eigenvalue weighted by atomic mass is 9.79. The Labute approximate surface area is 137 Å². The van der Waals surface area contributed by atoms with E-state index in [-0.39, 0.29) is 24.3 Å². The van der Waals surface area contributed by atoms with E-state index in [1.807, 2.05) is 32.9 Å². The third kappa shape index (κ3) is 5.15. The number of carbonyl (C=O) groups is 1. The zero-order valence-corrected chi connectivity index (χ0v) is 14.1. The Morgan fingerprint density at radius 3 is 2.43 bits per heavy atom. The minimum Gasteiger partial charge on any atom is -0.478 e. The van der Waals surface area contributed by atoms with Crippen molar-refractivity contribution in [2.75, 3.05) is 0 Å². The average molecular weight is 324 g/mol. The minimum absolute atomic E-state index is 0.0919. The highest BCUT2D eigenvalue weighted by molar-refractivity contribution is 5.94. The molecule has 0 radical (unpaired) electrons. The van der Waals surface area contributed by atoms with Crippen molar-refractivity contribution in [3.63, 3.8) is 0 Å². The molecule has 1 aliphatic carbocycles. The zero-order valence-electron chi connectivity index (χ0n) is 14.1. The molecular formula is C19H26F2O2. The molecule has 0 bridgehead atoms. The number of hydrogen-bond acceptors (Lipinski definition) is 1. The lowest BCUT2D eigenvalue weighted by molar-refractivity contribution is -0.0382. The van der Waals surface area contributed by atoms with E-state index in [0.717, 1.165) is 6.42 Å². The third-order valence-corrected chi connectivity index (χ3v) is 4.03. The number of hydrogen-bond donors (Lipinski definition) is 1. The van der Waals surface area contributed by atoms with Gasteiger partial charge in [-0.05, 0) is 36.3 Å². The predicted octanol–water partition coefficient (Wildman–Crippen LogP) is 6.13. The molecule has 0 aliphatic heterocycles. The maximum atomic E-state index is 13.3. The fourth-order valence-electron chi connectivity index (χ4n) is 2.91. The number of carboxylic acid groups (broad SMARTS) is 1. The molecule has 1 saturated carbocycles. The van der Waals surface area contributed by atoms with Crippen molar-refractivity contribution in [2.45, 2.75) is 64.7 Å². The molecule has 1 fully saturated rings. The van der Waals surface area contributed by atoms with Gasteiger partial charge >= 0.3 is 5.97 Å². The largest absolute Gasteiger partial charge is 0.478 e. The van der Waals surface area contributed by atoms with Gasteiger partial charge in [-0.2, -0.15) is 0 Å². The summed E-state index contributed by atoms with van der Waals surface area (Å²) < 4.78 is 26.5. The smallest absolute Gasteiger partial charge is 0.336 e. The molecule has 0 unspecified atom stereocenters. The van der Waals surface area contributed by atoms with Crippen molar-refractivity contribution in [3.8, 4) is 0 Å². The normalized spacial score (nSPS) is 17.6. The summed E-state index contributed by atoms with van der Waals surface area (Å²) in [6.45, 7) is 5.98. The lowest BCUT2D eigenvalue weighted by Gasteiger charge is -2.29. The van der Waals surface area contributed by atoms with Crippen LogP contribution >= 0.6 is 0 Å². The van der Waals surface area contributed by atoms with Crippen LogP contribution in [0, 0.1) is 0 Å². The van der Waals surface area contributed by atoms with Crippen LogP contribution in [0.2, 0.25) is 0 Å². The van der Waals surface area contributed by atoms with Crippen LogP contribution in [0.15, 0.2) is 24.3 Å². The van der Waals surface area contributed by atoms with Gasteiger partial charge in [-0.3, -0.25) is 0 Å². The molecule has 2 rings (SSSR count). The number of benzene rings is 1. The van der Waals surface area contributed by atoms with Crippen molar-refractivity contribution < 1.29 is 18.7 Å². The first-order valence-corrected chi connectivity index (χ1v) is 8.35. The summed E-state index contributed by atoms with van der Waals surface area (Å²) in [7, 11) is 0. The van der Waals surface area contributed by atoms with Crippen molar-refractivity contribution in [2.24, 2.45) is 0 Å². The topological polar surface area (TPSA) is 37.3 Å². The number of carboxylic acids is 1. The van der Waals surface area contributed by atoms with Crippen LogP contribution in [0.4, 0.5) is 8.78 Å². The maximum Gasteiger partial charge on any atom is 0.336 e. The third-order valence-electron chi connectivity index (χ3n) is 4.03. The molecular weight excluding hydrogens is 298 g/mol. The SMILES string of the molecule is CC.CC/C=C/c1cccc(C2CCC(F)(F)CC2)c1C(=O)O. The Bertz CT molecular complexity index is 540. The summed E-state index contributed by atoms with van der Waals surface area (Å²) in [4.78, 5) is 11.6. The van der Waals surface area contributed by atoms with E-state index in [1.165, 1.54) is 0 Å². The summed E-state index contributed by atoms with van der Waals surface area (Å²) in [5.74, 6) is -3.68. The molecule has 128 valence electrons. The highest BCUT2D eigenvalue weighted by Crippen LogP contribution is 2.42. The van der Waals surface area contributed by atoms with Crippen LogP contribution in [-0.2, 0) is 0 Å². The van der Waals surface area contributed by atoms with Crippen LogP contribution < -0.4 is 0 Å². The molecule has 23 heavy (non-hydrogen) atoms. The van der Waals surface area contributed by atoms with Gasteiger partial charge in [0.25, 0.3) is 0 Å². The van der Waals surface area contributed by atoms with E-state index < -0.39 is 11.9 Å². The van der Waals surface area contributed by atoms with Gasteiger partial charge in [-0.1, -0.05) is 51.1 Å². The Balaban J connectivity index is 0.00000127. The van der Waals surface area contributed by atoms with E-state index in [9.17, 15) is 18.7 Å². The van der Waals surface area contributed by atoms with E-state index in [1.54, 1.807) is 18.2 Å². The van der Waals surface area contributed by atoms with Gasteiger partial charge in [0.2, 0.25) is 5.92 Å². The van der Waals surface area contributed by atoms with Gasteiger partial charge in [0.15, 0.2) is 0 Å². The average Bonchev–Trinajstić information content (AvgIpc) is 2.54. The summed E-state index contributed by atoms with van der Waals surface area (Å²) in [6, 6.07) is 5.33. The highest BCUT2D eigenvalue weighted by atomic mass is 19.3. The van der Waals surface area contributed by atoms with E-state index in [0.29, 0.717) is 24.0 Å². The number of rotatable bonds is 4. The molecule has 2 nitrogen and oxygen atoms in total. The molecule has 0 saturated heterocycles. The second-order valence-electron chi connectivity index (χ2n) is 5.56. The van der Waals surface area contributed by atoms with Gasteiger partial charge in [0.1, 0.15) is 0 Å². The molecule has 0 atom stereocenters. The predicted molar refractivity (Wildman–Crippen MR) is 90.2 cm³/mol. The van der Waals surface area contributed by atoms with E-state index >= 15 is 0 Å². The molecule has 1 N–H and O–H groups in total. The highest BCUT2D eigenvalue weighted by Gasteiger charge is 2.36. The lowest BCUT2D eigenvalue weighted by Crippen LogP contribution is -2.24. The van der Waals surface area contributed by atoms with Crippen molar-refractivity contribution in [1.29, 1.82) is 0 Å². The van der Waals surface area contributed by atoms with Crippen LogP contribution in [-0.4, -0.2) is 17.0 Å². The first kappa shape index (κ1) is 19.3. The number of allylic oxidation sites excluding steroid dienone is 1. The first-order valence-electron chi connectivity index (χ1n) is 8.35. The molecule has 0 amide bonds. The fraction of sp³-hybridized carbons (Fsp3) is 0.526. The molecule has 0 aromatic heterocycles. The molecule has 4 heteroatoms. The van der Waals surface area contributed by atoms with Gasteiger partial charge in [0, 0.05) is 12.8 Å². The minimum atomic E-state index is -2.60. The van der Waals surface area contributed by atoms with Crippen molar-refractivity contribution >= 4 is 12.0 Å². The summed E-state index contributed by atoms with van der Waals surface area (Å²) in [6.07, 6.45) is 4.88. The summed E-state index contributed by atoms with van der Waals surface area (Å²) >= 11 is 0. The second kappa shape index (κ2) is 8.80. The van der Waals surface area contributed by atoms with E-state index in [4.69, 9.17) is 0 Å². The number of aromatic carboxylic acids is 1. The molecule has 1 aromatic rings. The quantitative estimate of drug-likeness (QED) is 0.723. The Morgan fingerprint density at radius 2 is 1.91 bits per heavy atom. The van der Waals surface area contributed by atoms with E-state index in [2.05, 4.69) is 0 Å². The molecule has 0 spiro atoms. The van der Waals surface area contributed by atoms with Crippen molar-refractivity contribution in [3.05, 3.63) is 41.0 Å². The van der Waals surface area contributed by atoms with Crippen LogP contribution in [0.3, 0.4) is 0 Å². The number of alkyl halides is 2. The maximum absolute atomic E-state index is 13.3. The Hall–Kier alpha value is -1.71. The molecule has 1 aliphatic rings. The van der Waals surface area contributed by atoms with Crippen molar-refractivity contribution in [1.82, 2.24) is 0 Å². The van der Waals surface area contributed by atoms with Gasteiger partial charge in [-0.15, -0.1) is 0 Å². The standard InChI is InChI=1S/C17H20F2O2.C2H6/c1-2-3-5-13-6-4-7-14(15(13)16(20)21)12-8-10-17(18,19)11-9-12;1-2/h3-7,12H,2,8-11H2,1H3,(H,20,21);1-2H3/b5-3+;. The monoisotopic (exact) mass is 324 g/mol. The van der Waals surface area contributed by atoms with Crippen LogP contribution in [0.1, 0.15) is 80.3 Å². The number of halogens is 2.